The number of aryl methyl sites for hydroxylation is 1. The van der Waals surface area contributed by atoms with Gasteiger partial charge in [-0.2, -0.15) is 10.5 Å². The maximum absolute atomic E-state index is 5.50. The van der Waals surface area contributed by atoms with Crippen LogP contribution in [0.2, 0.25) is 0 Å². The van der Waals surface area contributed by atoms with Gasteiger partial charge in [-0.25, -0.2) is 0 Å². The quantitative estimate of drug-likeness (QED) is 0.645. The van der Waals surface area contributed by atoms with Crippen molar-refractivity contribution in [2.24, 2.45) is 0 Å². The van der Waals surface area contributed by atoms with Gasteiger partial charge in [0, 0.05) is 11.0 Å². The van der Waals surface area contributed by atoms with E-state index in [1.165, 1.54) is 11.1 Å². The molecule has 1 fully saturated rings. The zero-order chi connectivity index (χ0) is 9.97. The monoisotopic (exact) mass is 208 g/mol. The minimum atomic E-state index is 0.239. The Hall–Kier alpha value is -0.600. The lowest BCUT2D eigenvalue weighted by atomic mass is 10.1. The van der Waals surface area contributed by atoms with Crippen molar-refractivity contribution in [1.29, 1.82) is 0 Å². The Kier molecular flexibility index (Phi) is 3.04. The molecule has 1 nitrogen and oxygen atoms in total. The van der Waals surface area contributed by atoms with Gasteiger partial charge in [0.05, 0.1) is 13.2 Å². The molecular weight excluding hydrogens is 192 g/mol. The second-order valence-corrected chi connectivity index (χ2v) is 5.77. The Morgan fingerprint density at radius 1 is 1.36 bits per heavy atom. The summed E-state index contributed by atoms with van der Waals surface area (Å²) in [6.07, 6.45) is 0. The highest BCUT2D eigenvalue weighted by Gasteiger charge is 2.18. The van der Waals surface area contributed by atoms with E-state index in [2.05, 4.69) is 37.1 Å². The fraction of sp³-hybridized carbons (Fsp3) is 0.417. The summed E-state index contributed by atoms with van der Waals surface area (Å²) in [5.74, 6) is 5.34. The number of rotatable bonds is 1. The molecular formula is C12H16OS. The minimum absolute atomic E-state index is 0.239. The lowest BCUT2D eigenvalue weighted by Gasteiger charge is -2.26. The Balaban J connectivity index is 2.20. The molecule has 2 unspecified atom stereocenters. The minimum Gasteiger partial charge on any atom is -0.379 e. The first kappa shape index (κ1) is 9.94. The van der Waals surface area contributed by atoms with E-state index in [-0.39, 0.29) is 10.5 Å². The van der Waals surface area contributed by atoms with Crippen molar-refractivity contribution in [3.63, 3.8) is 0 Å². The molecule has 2 rings (SSSR count). The van der Waals surface area contributed by atoms with Crippen molar-refractivity contribution < 1.29 is 4.74 Å². The van der Waals surface area contributed by atoms with Gasteiger partial charge in [0.15, 0.2) is 0 Å². The third-order valence-corrected chi connectivity index (χ3v) is 4.51. The zero-order valence-corrected chi connectivity index (χ0v) is 9.35. The molecule has 14 heavy (non-hydrogen) atoms. The molecule has 0 amide bonds. The maximum atomic E-state index is 5.50. The fourth-order valence-electron chi connectivity index (χ4n) is 1.66. The summed E-state index contributed by atoms with van der Waals surface area (Å²) >= 11 is 0. The van der Waals surface area contributed by atoms with Crippen LogP contribution in [0.15, 0.2) is 24.3 Å². The van der Waals surface area contributed by atoms with Crippen molar-refractivity contribution in [2.45, 2.75) is 12.2 Å². The zero-order valence-electron chi connectivity index (χ0n) is 8.53. The Morgan fingerprint density at radius 3 is 2.71 bits per heavy atom. The Bertz CT molecular complexity index is 329. The molecule has 2 atom stereocenters. The average Bonchev–Trinajstić information content (AvgIpc) is 2.20. The first-order valence-corrected chi connectivity index (χ1v) is 6.53. The van der Waals surface area contributed by atoms with Crippen LogP contribution >= 0.6 is 10.5 Å². The Labute approximate surface area is 88.0 Å². The summed E-state index contributed by atoms with van der Waals surface area (Å²) < 4.78 is 5.50. The number of ether oxygens (including phenoxy) is 1. The molecule has 1 aromatic rings. The van der Waals surface area contributed by atoms with E-state index in [1.807, 2.05) is 0 Å². The van der Waals surface area contributed by atoms with Crippen LogP contribution in [0.1, 0.15) is 16.4 Å². The number of hydrogen-bond acceptors (Lipinski definition) is 1. The van der Waals surface area contributed by atoms with Gasteiger partial charge >= 0.3 is 0 Å². The summed E-state index contributed by atoms with van der Waals surface area (Å²) in [5.41, 5.74) is 2.70. The molecule has 76 valence electrons. The summed E-state index contributed by atoms with van der Waals surface area (Å²) in [6, 6.07) is 8.75. The molecule has 0 spiro atoms. The van der Waals surface area contributed by atoms with Crippen LogP contribution in [0.5, 0.6) is 0 Å². The van der Waals surface area contributed by atoms with Crippen molar-refractivity contribution in [3.8, 4) is 0 Å². The third-order valence-electron chi connectivity index (χ3n) is 2.61. The molecule has 0 N–H and O–H groups in total. The van der Waals surface area contributed by atoms with Gasteiger partial charge in [0.2, 0.25) is 0 Å². The van der Waals surface area contributed by atoms with E-state index in [1.54, 1.807) is 0 Å². The van der Waals surface area contributed by atoms with Gasteiger partial charge in [-0.15, -0.1) is 0 Å². The molecule has 1 aliphatic rings. The van der Waals surface area contributed by atoms with E-state index < -0.39 is 0 Å². The summed E-state index contributed by atoms with van der Waals surface area (Å²) in [7, 11) is 0.239. The van der Waals surface area contributed by atoms with Crippen LogP contribution in [0.25, 0.3) is 0 Å². The van der Waals surface area contributed by atoms with Crippen LogP contribution in [-0.2, 0) is 4.74 Å². The largest absolute Gasteiger partial charge is 0.379 e. The van der Waals surface area contributed by atoms with E-state index >= 15 is 0 Å². The molecule has 2 heteroatoms. The van der Waals surface area contributed by atoms with Crippen molar-refractivity contribution in [2.75, 3.05) is 19.0 Å². The topological polar surface area (TPSA) is 9.23 Å². The van der Waals surface area contributed by atoms with Gasteiger partial charge in [-0.3, -0.25) is 0 Å². The molecule has 0 aromatic heterocycles. The average molecular weight is 208 g/mol. The number of benzene rings is 1. The summed E-state index contributed by atoms with van der Waals surface area (Å²) in [6.45, 7) is 3.84. The molecule has 0 saturated carbocycles. The normalized spacial score (nSPS) is 27.5. The highest BCUT2D eigenvalue weighted by Crippen LogP contribution is 2.36. The predicted molar refractivity (Wildman–Crippen MR) is 64.3 cm³/mol. The van der Waals surface area contributed by atoms with E-state index in [9.17, 15) is 0 Å². The first-order chi connectivity index (χ1) is 6.77. The second kappa shape index (κ2) is 4.28. The second-order valence-electron chi connectivity index (χ2n) is 3.72. The van der Waals surface area contributed by atoms with Gasteiger partial charge < -0.3 is 4.74 Å². The summed E-state index contributed by atoms with van der Waals surface area (Å²) in [5, 5.41) is 0.518. The van der Waals surface area contributed by atoms with Crippen LogP contribution in [0, 0.1) is 6.92 Å². The van der Waals surface area contributed by atoms with Crippen molar-refractivity contribution in [3.05, 3.63) is 35.4 Å². The van der Waals surface area contributed by atoms with Gasteiger partial charge in [0.1, 0.15) is 0 Å². The van der Waals surface area contributed by atoms with Crippen LogP contribution in [0.4, 0.5) is 0 Å². The lowest BCUT2D eigenvalue weighted by Crippen LogP contribution is -2.16. The summed E-state index contributed by atoms with van der Waals surface area (Å²) in [4.78, 5) is 0. The predicted octanol–water partition coefficient (Wildman–Crippen LogP) is 2.77. The third kappa shape index (κ3) is 2.07. The molecule has 0 bridgehead atoms. The SMILES string of the molecule is C=S1CCOCC1c1ccc(C)cc1. The molecule has 1 aromatic carbocycles. The van der Waals surface area contributed by atoms with Gasteiger partial charge in [-0.05, 0) is 12.5 Å². The highest BCUT2D eigenvalue weighted by molar-refractivity contribution is 8.14. The van der Waals surface area contributed by atoms with Crippen LogP contribution in [0.3, 0.4) is 0 Å². The fourth-order valence-corrected chi connectivity index (χ4v) is 3.11. The lowest BCUT2D eigenvalue weighted by molar-refractivity contribution is 0.143. The smallest absolute Gasteiger partial charge is 0.0621 e. The molecule has 1 heterocycles. The van der Waals surface area contributed by atoms with Crippen LogP contribution in [-0.4, -0.2) is 24.8 Å². The first-order valence-electron chi connectivity index (χ1n) is 4.91. The van der Waals surface area contributed by atoms with E-state index in [0.717, 1.165) is 19.0 Å². The maximum Gasteiger partial charge on any atom is 0.0621 e. The standard InChI is InChI=1S/C12H16OS/c1-10-3-5-11(6-4-10)12-9-13-7-8-14(12)2/h3-6,12H,2,7-9H2,1H3. The van der Waals surface area contributed by atoms with Crippen molar-refractivity contribution in [1.82, 2.24) is 0 Å². The van der Waals surface area contributed by atoms with Crippen LogP contribution < -0.4 is 0 Å². The molecule has 1 aliphatic heterocycles. The number of hydrogen-bond donors (Lipinski definition) is 0. The molecule has 0 radical (unpaired) electrons. The van der Waals surface area contributed by atoms with E-state index in [0.29, 0.717) is 5.25 Å². The molecule has 1 saturated heterocycles. The Morgan fingerprint density at radius 2 is 2.07 bits per heavy atom. The van der Waals surface area contributed by atoms with E-state index in [4.69, 9.17) is 4.74 Å². The molecule has 0 aliphatic carbocycles. The van der Waals surface area contributed by atoms with Crippen molar-refractivity contribution >= 4 is 16.4 Å². The van der Waals surface area contributed by atoms with Gasteiger partial charge in [0.25, 0.3) is 0 Å². The highest BCUT2D eigenvalue weighted by atomic mass is 32.2. The van der Waals surface area contributed by atoms with Gasteiger partial charge in [-0.1, -0.05) is 35.7 Å².